The first-order chi connectivity index (χ1) is 16.1. The van der Waals surface area contributed by atoms with Gasteiger partial charge in [0.1, 0.15) is 0 Å². The van der Waals surface area contributed by atoms with Gasteiger partial charge in [-0.2, -0.15) is 5.10 Å². The first-order valence-corrected chi connectivity index (χ1v) is 12.3. The fraction of sp³-hybridized carbons (Fsp3) is 0.333. The van der Waals surface area contributed by atoms with Gasteiger partial charge in [-0.3, -0.25) is 4.79 Å². The highest BCUT2D eigenvalue weighted by Crippen LogP contribution is 2.37. The van der Waals surface area contributed by atoms with Gasteiger partial charge in [0.15, 0.2) is 23.8 Å². The van der Waals surface area contributed by atoms with E-state index >= 15 is 0 Å². The number of carbonyl (C=O) groups is 1. The molecule has 2 atom stereocenters. The summed E-state index contributed by atoms with van der Waals surface area (Å²) in [5.74, 6) is 0.300. The van der Waals surface area contributed by atoms with Gasteiger partial charge in [-0.1, -0.05) is 32.0 Å². The van der Waals surface area contributed by atoms with Crippen LogP contribution in [0.1, 0.15) is 50.8 Å². The minimum absolute atomic E-state index is 0.0374. The van der Waals surface area contributed by atoms with Crippen molar-refractivity contribution in [2.45, 2.75) is 50.8 Å². The third kappa shape index (κ3) is 4.64. The quantitative estimate of drug-likeness (QED) is 0.646. The fourth-order valence-electron chi connectivity index (χ4n) is 3.86. The lowest BCUT2D eigenvalue weighted by molar-refractivity contribution is -0.129. The summed E-state index contributed by atoms with van der Waals surface area (Å²) < 4.78 is 39.0. The van der Waals surface area contributed by atoms with E-state index in [9.17, 15) is 18.3 Å². The molecule has 34 heavy (non-hydrogen) atoms. The van der Waals surface area contributed by atoms with Crippen LogP contribution in [0, 0.1) is 0 Å². The van der Waals surface area contributed by atoms with Gasteiger partial charge in [0.2, 0.25) is 6.79 Å². The van der Waals surface area contributed by atoms with Crippen molar-refractivity contribution < 1.29 is 27.8 Å². The molecule has 0 saturated heterocycles. The van der Waals surface area contributed by atoms with Gasteiger partial charge in [-0.05, 0) is 66.8 Å². The van der Waals surface area contributed by atoms with E-state index in [2.05, 4.69) is 9.82 Å². The summed E-state index contributed by atoms with van der Waals surface area (Å²) in [7, 11) is -4.18. The SMILES string of the molecule is CC1=CC(C)=NN(C(C(=O)NS(=O)(=O)c2ccc(C(C)C)cc2)c2ccc3c(c2)OCO3)C1O. The van der Waals surface area contributed by atoms with E-state index in [1.54, 1.807) is 50.3 Å². The van der Waals surface area contributed by atoms with E-state index in [1.807, 2.05) is 13.8 Å². The summed E-state index contributed by atoms with van der Waals surface area (Å²) in [6.07, 6.45) is 0.473. The first kappa shape index (κ1) is 23.8. The number of aliphatic hydroxyl groups excluding tert-OH is 1. The van der Waals surface area contributed by atoms with Crippen molar-refractivity contribution in [3.63, 3.8) is 0 Å². The Bertz CT molecular complexity index is 1270. The zero-order chi connectivity index (χ0) is 24.6. The van der Waals surface area contributed by atoms with Gasteiger partial charge in [0.05, 0.1) is 10.6 Å². The molecule has 180 valence electrons. The molecule has 0 saturated carbocycles. The highest BCUT2D eigenvalue weighted by atomic mass is 32.2. The Morgan fingerprint density at radius 2 is 1.74 bits per heavy atom. The lowest BCUT2D eigenvalue weighted by Crippen LogP contribution is -2.46. The van der Waals surface area contributed by atoms with Crippen LogP contribution in [0.25, 0.3) is 0 Å². The number of fused-ring (bicyclic) bond motifs is 1. The number of hydrogen-bond donors (Lipinski definition) is 2. The number of benzene rings is 2. The standard InChI is InChI=1S/C24H27N3O6S/c1-14(2)17-5-8-19(9-6-17)34(30,31)26-23(28)22(27-24(29)15(3)11-16(4)25-27)18-7-10-20-21(12-18)33-13-32-20/h5-12,14,22,24,29H,13H2,1-4H3,(H,26,28). The molecule has 0 bridgehead atoms. The molecule has 0 aliphatic carbocycles. The minimum Gasteiger partial charge on any atom is -0.454 e. The predicted octanol–water partition coefficient (Wildman–Crippen LogP) is 3.04. The Hall–Kier alpha value is -3.37. The van der Waals surface area contributed by atoms with E-state index in [1.165, 1.54) is 17.1 Å². The summed E-state index contributed by atoms with van der Waals surface area (Å²) in [6.45, 7) is 7.48. The maximum atomic E-state index is 13.5. The third-order valence-corrected chi connectivity index (χ3v) is 7.05. The lowest BCUT2D eigenvalue weighted by Gasteiger charge is -2.35. The van der Waals surface area contributed by atoms with Crippen molar-refractivity contribution in [1.82, 2.24) is 9.73 Å². The largest absolute Gasteiger partial charge is 0.454 e. The molecular formula is C24H27N3O6S. The molecule has 2 heterocycles. The third-order valence-electron chi connectivity index (χ3n) is 5.68. The molecule has 0 fully saturated rings. The Morgan fingerprint density at radius 1 is 1.09 bits per heavy atom. The number of hydrogen-bond acceptors (Lipinski definition) is 8. The Morgan fingerprint density at radius 3 is 2.41 bits per heavy atom. The average molecular weight is 486 g/mol. The summed E-state index contributed by atoms with van der Waals surface area (Å²) in [4.78, 5) is 13.4. The van der Waals surface area contributed by atoms with Gasteiger partial charge < -0.3 is 14.6 Å². The van der Waals surface area contributed by atoms with Crippen LogP contribution in [0.4, 0.5) is 0 Å². The van der Waals surface area contributed by atoms with Crippen LogP contribution in [0.15, 0.2) is 64.1 Å². The monoisotopic (exact) mass is 485 g/mol. The van der Waals surface area contributed by atoms with Crippen molar-refractivity contribution in [3.8, 4) is 11.5 Å². The van der Waals surface area contributed by atoms with Crippen molar-refractivity contribution in [2.24, 2.45) is 5.10 Å². The zero-order valence-electron chi connectivity index (χ0n) is 19.3. The maximum Gasteiger partial charge on any atom is 0.264 e. The molecule has 4 rings (SSSR count). The van der Waals surface area contributed by atoms with Crippen LogP contribution in [-0.4, -0.2) is 43.2 Å². The normalized spacial score (nSPS) is 18.4. The molecule has 0 radical (unpaired) electrons. The molecule has 1 amide bonds. The number of nitrogens with one attached hydrogen (secondary N) is 1. The molecular weight excluding hydrogens is 458 g/mol. The number of nitrogens with zero attached hydrogens (tertiary/aromatic N) is 2. The smallest absolute Gasteiger partial charge is 0.264 e. The molecule has 10 heteroatoms. The van der Waals surface area contributed by atoms with E-state index in [0.29, 0.717) is 28.3 Å². The van der Waals surface area contributed by atoms with Crippen LogP contribution in [0.2, 0.25) is 0 Å². The van der Waals surface area contributed by atoms with Crippen molar-refractivity contribution in [3.05, 3.63) is 65.2 Å². The number of ether oxygens (including phenoxy) is 2. The summed E-state index contributed by atoms with van der Waals surface area (Å²) in [5, 5.41) is 16.3. The Labute approximate surface area is 198 Å². The molecule has 0 aromatic heterocycles. The topological polar surface area (TPSA) is 118 Å². The van der Waals surface area contributed by atoms with E-state index < -0.39 is 28.2 Å². The van der Waals surface area contributed by atoms with Crippen LogP contribution in [0.5, 0.6) is 11.5 Å². The summed E-state index contributed by atoms with van der Waals surface area (Å²) in [5.41, 5.74) is 2.50. The van der Waals surface area contributed by atoms with E-state index in [0.717, 1.165) is 5.56 Å². The number of allylic oxidation sites excluding steroid dienone is 1. The van der Waals surface area contributed by atoms with Crippen LogP contribution in [0.3, 0.4) is 0 Å². The fourth-order valence-corrected chi connectivity index (χ4v) is 4.85. The second-order valence-corrected chi connectivity index (χ2v) is 10.3. The number of sulfonamides is 1. The average Bonchev–Trinajstić information content (AvgIpc) is 3.25. The second-order valence-electron chi connectivity index (χ2n) is 8.59. The number of rotatable bonds is 6. The molecule has 2 unspecified atom stereocenters. The Kier molecular flexibility index (Phi) is 6.37. The van der Waals surface area contributed by atoms with E-state index in [-0.39, 0.29) is 17.6 Å². The highest BCUT2D eigenvalue weighted by Gasteiger charge is 2.37. The molecule has 2 aliphatic heterocycles. The molecule has 0 spiro atoms. The van der Waals surface area contributed by atoms with Gasteiger partial charge in [-0.25, -0.2) is 18.1 Å². The number of aliphatic hydroxyl groups is 1. The van der Waals surface area contributed by atoms with Crippen molar-refractivity contribution in [2.75, 3.05) is 6.79 Å². The second kappa shape index (κ2) is 9.11. The highest BCUT2D eigenvalue weighted by molar-refractivity contribution is 7.90. The van der Waals surface area contributed by atoms with E-state index in [4.69, 9.17) is 9.47 Å². The van der Waals surface area contributed by atoms with Crippen molar-refractivity contribution >= 4 is 21.6 Å². The lowest BCUT2D eigenvalue weighted by atomic mass is 10.0. The summed E-state index contributed by atoms with van der Waals surface area (Å²) >= 11 is 0. The molecule has 9 nitrogen and oxygen atoms in total. The molecule has 2 aromatic carbocycles. The van der Waals surface area contributed by atoms with Gasteiger partial charge in [0.25, 0.3) is 15.9 Å². The van der Waals surface area contributed by atoms with Gasteiger partial charge >= 0.3 is 0 Å². The molecule has 2 aromatic rings. The summed E-state index contributed by atoms with van der Waals surface area (Å²) in [6, 6.07) is 9.94. The van der Waals surface area contributed by atoms with Crippen LogP contribution >= 0.6 is 0 Å². The number of hydrazone groups is 1. The van der Waals surface area contributed by atoms with Crippen LogP contribution in [-0.2, 0) is 14.8 Å². The maximum absolute atomic E-state index is 13.5. The molecule has 2 aliphatic rings. The molecule has 2 N–H and O–H groups in total. The Balaban J connectivity index is 1.70. The van der Waals surface area contributed by atoms with Gasteiger partial charge in [0, 0.05) is 0 Å². The number of carbonyl (C=O) groups excluding carboxylic acids is 1. The first-order valence-electron chi connectivity index (χ1n) is 10.8. The number of amides is 1. The van der Waals surface area contributed by atoms with Crippen molar-refractivity contribution in [1.29, 1.82) is 0 Å². The predicted molar refractivity (Wildman–Crippen MR) is 126 cm³/mol. The zero-order valence-corrected chi connectivity index (χ0v) is 20.2. The van der Waals surface area contributed by atoms with Gasteiger partial charge in [-0.15, -0.1) is 0 Å². The van der Waals surface area contributed by atoms with Crippen LogP contribution < -0.4 is 14.2 Å². The minimum atomic E-state index is -4.18.